The van der Waals surface area contributed by atoms with Crippen LogP contribution in [-0.2, 0) is 29.7 Å². The van der Waals surface area contributed by atoms with Crippen LogP contribution >= 0.6 is 0 Å². The molecule has 5 rings (SSSR count). The first-order valence-electron chi connectivity index (χ1n) is 13.5. The number of amides is 2. The predicted octanol–water partition coefficient (Wildman–Crippen LogP) is 4.58. The molecule has 224 valence electrons. The second kappa shape index (κ2) is 11.9. The Bertz CT molecular complexity index is 1830. The number of anilines is 1. The van der Waals surface area contributed by atoms with E-state index in [9.17, 15) is 22.4 Å². The number of pyridine rings is 1. The molecule has 1 N–H and O–H groups in total. The minimum atomic E-state index is -3.74. The Hall–Kier alpha value is -4.71. The van der Waals surface area contributed by atoms with Gasteiger partial charge in [0.25, 0.3) is 11.8 Å². The van der Waals surface area contributed by atoms with Crippen LogP contribution in [0, 0.1) is 5.82 Å². The highest BCUT2D eigenvalue weighted by Crippen LogP contribution is 2.44. The maximum Gasteiger partial charge on any atom is 0.258 e. The Balaban J connectivity index is 1.62. The normalized spacial score (nSPS) is 12.8. The summed E-state index contributed by atoms with van der Waals surface area (Å²) in [6, 6.07) is 14.5. The van der Waals surface area contributed by atoms with E-state index in [0.29, 0.717) is 27.8 Å². The quantitative estimate of drug-likeness (QED) is 0.281. The predicted molar refractivity (Wildman–Crippen MR) is 160 cm³/mol. The topological polar surface area (TPSA) is 118 Å². The minimum absolute atomic E-state index is 0.0203. The van der Waals surface area contributed by atoms with E-state index in [2.05, 4.69) is 9.71 Å². The van der Waals surface area contributed by atoms with Crippen molar-refractivity contribution < 1.29 is 31.9 Å². The van der Waals surface area contributed by atoms with E-state index >= 15 is 0 Å². The fraction of sp³-hybridized carbons (Fsp3) is 0.258. The van der Waals surface area contributed by atoms with Gasteiger partial charge in [-0.05, 0) is 54.4 Å². The number of ether oxygens (including phenoxy) is 2. The molecule has 0 saturated carbocycles. The van der Waals surface area contributed by atoms with Gasteiger partial charge >= 0.3 is 0 Å². The number of carbonyl (C=O) groups is 2. The van der Waals surface area contributed by atoms with E-state index in [-0.39, 0.29) is 48.0 Å². The standard InChI is InChI=1S/C31H31FN4O6S/c1-5-43(39,40)34-27-23-7-6-14-33-28(23)29(42-18-19-8-12-22(41-4)13-9-19)26-25(27)17-36(31(26)38)16-20-10-11-21(32)15-24(20)30(37)35(2)3/h6-15,34H,5,16-18H2,1-4H3. The Morgan fingerprint density at radius 3 is 2.56 bits per heavy atom. The smallest absolute Gasteiger partial charge is 0.258 e. The summed E-state index contributed by atoms with van der Waals surface area (Å²) in [6.45, 7) is 1.62. The van der Waals surface area contributed by atoms with Crippen molar-refractivity contribution in [3.8, 4) is 11.5 Å². The molecule has 1 aliphatic heterocycles. The van der Waals surface area contributed by atoms with E-state index < -0.39 is 27.7 Å². The van der Waals surface area contributed by atoms with Gasteiger partial charge in [0.1, 0.15) is 23.7 Å². The van der Waals surface area contributed by atoms with Gasteiger partial charge in [-0.2, -0.15) is 0 Å². The molecule has 0 fully saturated rings. The van der Waals surface area contributed by atoms with E-state index in [1.54, 1.807) is 51.7 Å². The summed E-state index contributed by atoms with van der Waals surface area (Å²) in [7, 11) is 0.955. The van der Waals surface area contributed by atoms with Gasteiger partial charge < -0.3 is 19.3 Å². The Kier molecular flexibility index (Phi) is 8.23. The fourth-order valence-corrected chi connectivity index (χ4v) is 5.65. The Morgan fingerprint density at radius 2 is 1.88 bits per heavy atom. The van der Waals surface area contributed by atoms with E-state index in [4.69, 9.17) is 9.47 Å². The highest BCUT2D eigenvalue weighted by atomic mass is 32.2. The summed E-state index contributed by atoms with van der Waals surface area (Å²) in [5.74, 6) is -0.694. The molecule has 43 heavy (non-hydrogen) atoms. The summed E-state index contributed by atoms with van der Waals surface area (Å²) in [5.41, 5.74) is 2.56. The number of methoxy groups -OCH3 is 1. The molecule has 0 unspecified atom stereocenters. The molecule has 0 spiro atoms. The SMILES string of the molecule is CCS(=O)(=O)Nc1c2c(c(OCc3ccc(OC)cc3)c3ncccc13)C(=O)N(Cc1ccc(F)cc1C(=O)N(C)C)C2. The molecule has 3 aromatic carbocycles. The molecule has 12 heteroatoms. The first kappa shape index (κ1) is 29.8. The van der Waals surface area contributed by atoms with Crippen LogP contribution in [0.4, 0.5) is 10.1 Å². The zero-order valence-electron chi connectivity index (χ0n) is 24.2. The first-order valence-corrected chi connectivity index (χ1v) is 15.2. The van der Waals surface area contributed by atoms with Gasteiger partial charge in [-0.25, -0.2) is 12.8 Å². The summed E-state index contributed by atoms with van der Waals surface area (Å²) >= 11 is 0. The van der Waals surface area contributed by atoms with Gasteiger partial charge in [0.2, 0.25) is 10.0 Å². The van der Waals surface area contributed by atoms with Crippen LogP contribution in [0.2, 0.25) is 0 Å². The first-order chi connectivity index (χ1) is 20.5. The summed E-state index contributed by atoms with van der Waals surface area (Å²) in [4.78, 5) is 34.2. The molecule has 0 saturated heterocycles. The second-order valence-electron chi connectivity index (χ2n) is 10.3. The van der Waals surface area contributed by atoms with Crippen molar-refractivity contribution >= 4 is 38.4 Å². The lowest BCUT2D eigenvalue weighted by Crippen LogP contribution is -2.27. The number of hydrogen-bond donors (Lipinski definition) is 1. The minimum Gasteiger partial charge on any atom is -0.497 e. The number of rotatable bonds is 10. The Morgan fingerprint density at radius 1 is 1.14 bits per heavy atom. The van der Waals surface area contributed by atoms with Gasteiger partial charge in [0.15, 0.2) is 5.75 Å². The number of nitrogens with one attached hydrogen (secondary N) is 1. The number of halogens is 1. The molecular weight excluding hydrogens is 575 g/mol. The average Bonchev–Trinajstić information content (AvgIpc) is 3.32. The van der Waals surface area contributed by atoms with Crippen LogP contribution in [0.25, 0.3) is 10.9 Å². The van der Waals surface area contributed by atoms with Crippen molar-refractivity contribution in [3.63, 3.8) is 0 Å². The van der Waals surface area contributed by atoms with Crippen LogP contribution in [-0.4, -0.2) is 62.0 Å². The lowest BCUT2D eigenvalue weighted by atomic mass is 10.0. The molecule has 2 heterocycles. The molecule has 4 aromatic rings. The number of benzene rings is 3. The van der Waals surface area contributed by atoms with Crippen LogP contribution < -0.4 is 14.2 Å². The molecule has 1 aliphatic rings. The molecule has 0 aliphatic carbocycles. The van der Waals surface area contributed by atoms with Gasteiger partial charge in [-0.15, -0.1) is 0 Å². The fourth-order valence-electron chi connectivity index (χ4n) is 4.96. The van der Waals surface area contributed by atoms with Crippen molar-refractivity contribution in [1.82, 2.24) is 14.8 Å². The van der Waals surface area contributed by atoms with Crippen molar-refractivity contribution in [2.75, 3.05) is 31.7 Å². The maximum atomic E-state index is 14.2. The van der Waals surface area contributed by atoms with Crippen molar-refractivity contribution in [2.24, 2.45) is 0 Å². The zero-order valence-corrected chi connectivity index (χ0v) is 25.0. The lowest BCUT2D eigenvalue weighted by Gasteiger charge is -2.20. The van der Waals surface area contributed by atoms with Crippen LogP contribution in [0.15, 0.2) is 60.8 Å². The van der Waals surface area contributed by atoms with Gasteiger partial charge in [0, 0.05) is 49.9 Å². The van der Waals surface area contributed by atoms with Gasteiger partial charge in [0.05, 0.1) is 24.1 Å². The molecule has 0 bridgehead atoms. The molecular formula is C31H31FN4O6S. The molecule has 0 radical (unpaired) electrons. The highest BCUT2D eigenvalue weighted by Gasteiger charge is 2.37. The van der Waals surface area contributed by atoms with E-state index in [1.807, 2.05) is 12.1 Å². The number of fused-ring (bicyclic) bond motifs is 2. The monoisotopic (exact) mass is 606 g/mol. The Labute approximate surface area is 249 Å². The number of hydrogen-bond acceptors (Lipinski definition) is 7. The number of nitrogens with zero attached hydrogens (tertiary/aromatic N) is 3. The van der Waals surface area contributed by atoms with Crippen molar-refractivity contribution in [3.05, 3.63) is 94.4 Å². The van der Waals surface area contributed by atoms with E-state index in [0.717, 1.165) is 11.6 Å². The highest BCUT2D eigenvalue weighted by molar-refractivity contribution is 7.92. The van der Waals surface area contributed by atoms with Crippen LogP contribution in [0.5, 0.6) is 11.5 Å². The van der Waals surface area contributed by atoms with Gasteiger partial charge in [-0.3, -0.25) is 19.3 Å². The van der Waals surface area contributed by atoms with Gasteiger partial charge in [-0.1, -0.05) is 18.2 Å². The summed E-state index contributed by atoms with van der Waals surface area (Å²) < 4.78 is 53.9. The maximum absolute atomic E-state index is 14.2. The summed E-state index contributed by atoms with van der Waals surface area (Å²) in [6.07, 6.45) is 1.54. The average molecular weight is 607 g/mol. The van der Waals surface area contributed by atoms with Crippen LogP contribution in [0.1, 0.15) is 44.3 Å². The third kappa shape index (κ3) is 5.96. The van der Waals surface area contributed by atoms with Crippen molar-refractivity contribution in [1.29, 1.82) is 0 Å². The lowest BCUT2D eigenvalue weighted by molar-refractivity contribution is 0.0754. The molecule has 2 amide bonds. The second-order valence-corrected chi connectivity index (χ2v) is 12.3. The number of sulfonamides is 1. The van der Waals surface area contributed by atoms with Crippen molar-refractivity contribution in [2.45, 2.75) is 26.6 Å². The number of carbonyl (C=O) groups excluding carboxylic acids is 2. The number of aromatic nitrogens is 1. The molecule has 1 aromatic heterocycles. The zero-order chi connectivity index (χ0) is 30.9. The van der Waals surface area contributed by atoms with E-state index in [1.165, 1.54) is 28.9 Å². The summed E-state index contributed by atoms with van der Waals surface area (Å²) in [5, 5.41) is 0.475. The largest absolute Gasteiger partial charge is 0.497 e. The van der Waals surface area contributed by atoms with Crippen LogP contribution in [0.3, 0.4) is 0 Å². The molecule has 0 atom stereocenters. The third-order valence-electron chi connectivity index (χ3n) is 7.22. The molecule has 10 nitrogen and oxygen atoms in total. The third-order valence-corrected chi connectivity index (χ3v) is 8.50.